The molecule has 0 amide bonds. The van der Waals surface area contributed by atoms with Crippen LogP contribution in [0, 0.1) is 0 Å². The van der Waals surface area contributed by atoms with Crippen LogP contribution in [0.3, 0.4) is 0 Å². The van der Waals surface area contributed by atoms with Gasteiger partial charge in [-0.05, 0) is 70.6 Å². The number of carbonyl (C=O) groups is 2. The molecule has 0 fully saturated rings. The van der Waals surface area contributed by atoms with Crippen molar-refractivity contribution in [2.45, 2.75) is 194 Å². The van der Waals surface area contributed by atoms with E-state index in [1.807, 2.05) is 0 Å². The Hall–Kier alpha value is -2.66. The molecule has 0 rings (SSSR count). The van der Waals surface area contributed by atoms with Crippen LogP contribution in [0.15, 0.2) is 72.9 Å². The van der Waals surface area contributed by atoms with Gasteiger partial charge < -0.3 is 14.2 Å². The zero-order chi connectivity index (χ0) is 37.8. The standard InChI is InChI=1S/C47H80O5/c1-4-7-10-13-16-19-21-22-23-24-25-27-30-33-36-39-42-50-43-45(52-47(49)41-38-35-32-28-18-15-12-9-6-3)44-51-46(48)40-37-34-31-29-26-20-17-14-11-8-5-2/h7,10,14,16-17,19,22-23,25,27,33,36,45H,4-6,8-9,11-13,15,18,20-21,24,26,28-32,34-35,37-44H2,1-3H3/b10-7-,17-14-,19-16-,23-22-,27-25-,36-33-. The SMILES string of the molecule is CC/C=C\C/C=C\C/C=C\C/C=C\C/C=C\CCOCC(COC(=O)CCCCCCC/C=C\CCCC)OC(=O)CCCCCCCCCCC. The van der Waals surface area contributed by atoms with Crippen molar-refractivity contribution in [3.05, 3.63) is 72.9 Å². The van der Waals surface area contributed by atoms with E-state index < -0.39 is 6.10 Å². The molecule has 0 aliphatic carbocycles. The highest BCUT2D eigenvalue weighted by Gasteiger charge is 2.17. The quantitative estimate of drug-likeness (QED) is 0.0360. The fourth-order valence-electron chi connectivity index (χ4n) is 5.55. The summed E-state index contributed by atoms with van der Waals surface area (Å²) in [5, 5.41) is 0. The summed E-state index contributed by atoms with van der Waals surface area (Å²) in [7, 11) is 0. The predicted molar refractivity (Wildman–Crippen MR) is 224 cm³/mol. The Bertz CT molecular complexity index is 957. The Balaban J connectivity index is 4.37. The summed E-state index contributed by atoms with van der Waals surface area (Å²) in [5.74, 6) is -0.455. The predicted octanol–water partition coefficient (Wildman–Crippen LogP) is 14.0. The molecule has 1 atom stereocenters. The number of esters is 2. The smallest absolute Gasteiger partial charge is 0.306 e. The van der Waals surface area contributed by atoms with Crippen LogP contribution in [0.4, 0.5) is 0 Å². The van der Waals surface area contributed by atoms with E-state index in [0.717, 1.165) is 83.5 Å². The highest BCUT2D eigenvalue weighted by atomic mass is 16.6. The third-order valence-corrected chi connectivity index (χ3v) is 8.75. The number of unbranched alkanes of at least 4 members (excludes halogenated alkanes) is 15. The minimum atomic E-state index is -0.575. The van der Waals surface area contributed by atoms with Crippen molar-refractivity contribution in [2.24, 2.45) is 0 Å². The fraction of sp³-hybridized carbons (Fsp3) is 0.702. The van der Waals surface area contributed by atoms with Crippen LogP contribution < -0.4 is 0 Å². The van der Waals surface area contributed by atoms with Crippen molar-refractivity contribution in [1.29, 1.82) is 0 Å². The second-order valence-electron chi connectivity index (χ2n) is 13.9. The lowest BCUT2D eigenvalue weighted by Crippen LogP contribution is -2.30. The zero-order valence-electron chi connectivity index (χ0n) is 34.1. The van der Waals surface area contributed by atoms with Gasteiger partial charge in [-0.1, -0.05) is 177 Å². The van der Waals surface area contributed by atoms with Gasteiger partial charge in [0.15, 0.2) is 6.10 Å². The molecule has 0 aliphatic rings. The summed E-state index contributed by atoms with van der Waals surface area (Å²) in [5.41, 5.74) is 0. The molecular weight excluding hydrogens is 645 g/mol. The van der Waals surface area contributed by atoms with Gasteiger partial charge >= 0.3 is 11.9 Å². The van der Waals surface area contributed by atoms with E-state index in [1.165, 1.54) is 70.6 Å². The molecule has 5 heteroatoms. The molecule has 0 aromatic rings. The van der Waals surface area contributed by atoms with Gasteiger partial charge in [-0.3, -0.25) is 9.59 Å². The summed E-state index contributed by atoms with van der Waals surface area (Å²) in [6.45, 7) is 7.43. The number of hydrogen-bond donors (Lipinski definition) is 0. The largest absolute Gasteiger partial charge is 0.462 e. The summed E-state index contributed by atoms with van der Waals surface area (Å²) in [6.07, 6.45) is 53.5. The number of allylic oxidation sites excluding steroid dienone is 11. The highest BCUT2D eigenvalue weighted by molar-refractivity contribution is 5.70. The Morgan fingerprint density at radius 2 is 0.885 bits per heavy atom. The van der Waals surface area contributed by atoms with E-state index >= 15 is 0 Å². The molecule has 0 spiro atoms. The molecule has 1 unspecified atom stereocenters. The maximum absolute atomic E-state index is 12.6. The average molecular weight is 725 g/mol. The van der Waals surface area contributed by atoms with Crippen molar-refractivity contribution < 1.29 is 23.8 Å². The van der Waals surface area contributed by atoms with Crippen molar-refractivity contribution >= 4 is 11.9 Å². The number of rotatable bonds is 38. The van der Waals surface area contributed by atoms with E-state index in [0.29, 0.717) is 19.4 Å². The maximum atomic E-state index is 12.6. The Morgan fingerprint density at radius 1 is 0.442 bits per heavy atom. The van der Waals surface area contributed by atoms with Crippen molar-refractivity contribution in [3.8, 4) is 0 Å². The molecule has 0 radical (unpaired) electrons. The van der Waals surface area contributed by atoms with Crippen LogP contribution in [-0.4, -0.2) is 37.9 Å². The van der Waals surface area contributed by atoms with Gasteiger partial charge in [0.2, 0.25) is 0 Å². The first kappa shape index (κ1) is 49.3. The summed E-state index contributed by atoms with van der Waals surface area (Å²) < 4.78 is 17.1. The van der Waals surface area contributed by atoms with Crippen LogP contribution in [0.2, 0.25) is 0 Å². The molecule has 0 heterocycles. The molecule has 0 saturated carbocycles. The molecule has 0 aromatic carbocycles. The molecule has 52 heavy (non-hydrogen) atoms. The lowest BCUT2D eigenvalue weighted by molar-refractivity contribution is -0.162. The van der Waals surface area contributed by atoms with Crippen molar-refractivity contribution in [3.63, 3.8) is 0 Å². The van der Waals surface area contributed by atoms with Gasteiger partial charge in [-0.25, -0.2) is 0 Å². The van der Waals surface area contributed by atoms with E-state index in [9.17, 15) is 9.59 Å². The summed E-state index contributed by atoms with van der Waals surface area (Å²) >= 11 is 0. The van der Waals surface area contributed by atoms with Crippen LogP contribution in [0.1, 0.15) is 188 Å². The monoisotopic (exact) mass is 725 g/mol. The van der Waals surface area contributed by atoms with E-state index in [2.05, 4.69) is 93.7 Å². The van der Waals surface area contributed by atoms with Gasteiger partial charge in [0, 0.05) is 12.8 Å². The molecule has 0 aliphatic heterocycles. The van der Waals surface area contributed by atoms with Gasteiger partial charge in [0.05, 0.1) is 13.2 Å². The maximum Gasteiger partial charge on any atom is 0.306 e. The molecule has 5 nitrogen and oxygen atoms in total. The second kappa shape index (κ2) is 42.8. The highest BCUT2D eigenvalue weighted by Crippen LogP contribution is 2.12. The van der Waals surface area contributed by atoms with Crippen molar-refractivity contribution in [1.82, 2.24) is 0 Å². The Labute approximate surface area is 321 Å². The molecule has 0 saturated heterocycles. The van der Waals surface area contributed by atoms with Crippen molar-refractivity contribution in [2.75, 3.05) is 19.8 Å². The van der Waals surface area contributed by atoms with Crippen LogP contribution in [0.25, 0.3) is 0 Å². The molecule has 0 N–H and O–H groups in total. The van der Waals surface area contributed by atoms with Gasteiger partial charge in [0.25, 0.3) is 0 Å². The van der Waals surface area contributed by atoms with E-state index in [4.69, 9.17) is 14.2 Å². The topological polar surface area (TPSA) is 61.8 Å². The number of ether oxygens (including phenoxy) is 3. The van der Waals surface area contributed by atoms with Gasteiger partial charge in [0.1, 0.15) is 6.61 Å². The first-order valence-electron chi connectivity index (χ1n) is 21.5. The summed E-state index contributed by atoms with van der Waals surface area (Å²) in [6, 6.07) is 0. The minimum Gasteiger partial charge on any atom is -0.462 e. The fourth-order valence-corrected chi connectivity index (χ4v) is 5.55. The first-order chi connectivity index (χ1) is 25.6. The Morgan fingerprint density at radius 3 is 1.44 bits per heavy atom. The molecular formula is C47H80O5. The Kier molecular flexibility index (Phi) is 40.6. The molecule has 0 bridgehead atoms. The van der Waals surface area contributed by atoms with Crippen LogP contribution >= 0.6 is 0 Å². The van der Waals surface area contributed by atoms with Crippen LogP contribution in [-0.2, 0) is 23.8 Å². The normalized spacial score (nSPS) is 12.9. The number of carbonyl (C=O) groups excluding carboxylic acids is 2. The lowest BCUT2D eigenvalue weighted by Gasteiger charge is -2.18. The lowest BCUT2D eigenvalue weighted by atomic mass is 10.1. The molecule has 298 valence electrons. The zero-order valence-corrected chi connectivity index (χ0v) is 34.1. The first-order valence-corrected chi connectivity index (χ1v) is 21.5. The van der Waals surface area contributed by atoms with Gasteiger partial charge in [-0.2, -0.15) is 0 Å². The third kappa shape index (κ3) is 40.1. The molecule has 0 aromatic heterocycles. The van der Waals surface area contributed by atoms with Crippen LogP contribution in [0.5, 0.6) is 0 Å². The second-order valence-corrected chi connectivity index (χ2v) is 13.9. The van der Waals surface area contributed by atoms with Gasteiger partial charge in [-0.15, -0.1) is 0 Å². The minimum absolute atomic E-state index is 0.0500. The van der Waals surface area contributed by atoms with E-state index in [1.54, 1.807) is 0 Å². The van der Waals surface area contributed by atoms with E-state index in [-0.39, 0.29) is 25.2 Å². The third-order valence-electron chi connectivity index (χ3n) is 8.75. The summed E-state index contributed by atoms with van der Waals surface area (Å²) in [4.78, 5) is 25.1. The average Bonchev–Trinajstić information content (AvgIpc) is 3.14. The number of hydrogen-bond acceptors (Lipinski definition) is 5.